The van der Waals surface area contributed by atoms with Gasteiger partial charge in [-0.2, -0.15) is 0 Å². The van der Waals surface area contributed by atoms with Crippen LogP contribution in [0.3, 0.4) is 0 Å². The molecule has 1 amide bonds. The van der Waals surface area contributed by atoms with Crippen molar-refractivity contribution >= 4 is 5.91 Å². The number of pyridine rings is 1. The molecule has 0 radical (unpaired) electrons. The van der Waals surface area contributed by atoms with Gasteiger partial charge in [0.2, 0.25) is 5.91 Å². The molecule has 1 saturated carbocycles. The smallest absolute Gasteiger partial charge is 0.240 e. The van der Waals surface area contributed by atoms with Crippen molar-refractivity contribution < 1.29 is 4.79 Å². The van der Waals surface area contributed by atoms with Crippen LogP contribution in [0.25, 0.3) is 5.82 Å². The number of hydrogen-bond acceptors (Lipinski definition) is 4. The number of nitrogens with one attached hydrogen (secondary N) is 1. The number of nitrogens with two attached hydrogens (primary N) is 1. The Balaban J connectivity index is 1.70. The Morgan fingerprint density at radius 2 is 2.14 bits per heavy atom. The zero-order valence-corrected chi connectivity index (χ0v) is 12.5. The molecule has 0 aliphatic heterocycles. The van der Waals surface area contributed by atoms with Crippen molar-refractivity contribution in [2.24, 2.45) is 5.73 Å². The lowest BCUT2D eigenvalue weighted by Gasteiger charge is -2.31. The Kier molecular flexibility index (Phi) is 4.20. The molecule has 1 fully saturated rings. The molecule has 2 heterocycles. The van der Waals surface area contributed by atoms with Crippen molar-refractivity contribution in [1.82, 2.24) is 19.9 Å². The Morgan fingerprint density at radius 1 is 1.32 bits per heavy atom. The molecule has 0 spiro atoms. The van der Waals surface area contributed by atoms with E-state index in [-0.39, 0.29) is 5.91 Å². The second-order valence-corrected chi connectivity index (χ2v) is 5.86. The maximum Gasteiger partial charge on any atom is 0.240 e. The van der Waals surface area contributed by atoms with Gasteiger partial charge in [-0.1, -0.05) is 25.3 Å². The summed E-state index contributed by atoms with van der Waals surface area (Å²) in [7, 11) is 0. The van der Waals surface area contributed by atoms with Gasteiger partial charge in [0.1, 0.15) is 12.1 Å². The van der Waals surface area contributed by atoms with Crippen LogP contribution in [0.15, 0.2) is 37.1 Å². The van der Waals surface area contributed by atoms with E-state index in [1.165, 1.54) is 6.42 Å². The lowest BCUT2D eigenvalue weighted by atomic mass is 9.82. The first-order chi connectivity index (χ1) is 10.7. The summed E-state index contributed by atoms with van der Waals surface area (Å²) in [6, 6.07) is 3.81. The molecular weight excluding hydrogens is 278 g/mol. The summed E-state index contributed by atoms with van der Waals surface area (Å²) < 4.78 is 1.83. The molecule has 3 N–H and O–H groups in total. The van der Waals surface area contributed by atoms with E-state index in [1.807, 2.05) is 22.9 Å². The third-order valence-electron chi connectivity index (χ3n) is 4.25. The summed E-state index contributed by atoms with van der Waals surface area (Å²) in [5.41, 5.74) is 6.48. The van der Waals surface area contributed by atoms with Gasteiger partial charge >= 0.3 is 0 Å². The van der Waals surface area contributed by atoms with Crippen LogP contribution >= 0.6 is 0 Å². The molecule has 1 aliphatic rings. The van der Waals surface area contributed by atoms with Gasteiger partial charge in [-0.15, -0.1) is 0 Å². The van der Waals surface area contributed by atoms with Gasteiger partial charge in [0.05, 0.1) is 5.54 Å². The Labute approximate surface area is 129 Å². The molecule has 2 aromatic rings. The van der Waals surface area contributed by atoms with Gasteiger partial charge in [-0.05, 0) is 18.9 Å². The molecule has 6 nitrogen and oxygen atoms in total. The van der Waals surface area contributed by atoms with Gasteiger partial charge in [0, 0.05) is 30.7 Å². The molecule has 1 aliphatic carbocycles. The lowest BCUT2D eigenvalue weighted by molar-refractivity contribution is -0.127. The van der Waals surface area contributed by atoms with Crippen LogP contribution in [-0.2, 0) is 11.3 Å². The summed E-state index contributed by atoms with van der Waals surface area (Å²) in [5, 5.41) is 2.97. The largest absolute Gasteiger partial charge is 0.350 e. The Bertz CT molecular complexity index is 632. The summed E-state index contributed by atoms with van der Waals surface area (Å²) >= 11 is 0. The predicted octanol–water partition coefficient (Wildman–Crippen LogP) is 1.55. The predicted molar refractivity (Wildman–Crippen MR) is 83.2 cm³/mol. The van der Waals surface area contributed by atoms with E-state index in [9.17, 15) is 4.79 Å². The first-order valence-corrected chi connectivity index (χ1v) is 7.68. The zero-order valence-electron chi connectivity index (χ0n) is 12.5. The zero-order chi connectivity index (χ0) is 15.4. The van der Waals surface area contributed by atoms with Crippen LogP contribution in [0, 0.1) is 0 Å². The fraction of sp³-hybridized carbons (Fsp3) is 0.438. The van der Waals surface area contributed by atoms with Gasteiger partial charge in [-0.25, -0.2) is 9.97 Å². The number of carbonyl (C=O) groups is 1. The van der Waals surface area contributed by atoms with E-state index < -0.39 is 5.54 Å². The second kappa shape index (κ2) is 6.27. The van der Waals surface area contributed by atoms with Gasteiger partial charge in [0.25, 0.3) is 0 Å². The molecule has 0 aromatic carbocycles. The van der Waals surface area contributed by atoms with Crippen molar-refractivity contribution in [3.8, 4) is 5.82 Å². The van der Waals surface area contributed by atoms with Crippen LogP contribution in [0.4, 0.5) is 0 Å². The highest BCUT2D eigenvalue weighted by atomic mass is 16.2. The first-order valence-electron chi connectivity index (χ1n) is 7.68. The van der Waals surface area contributed by atoms with Crippen molar-refractivity contribution in [2.45, 2.75) is 44.2 Å². The van der Waals surface area contributed by atoms with E-state index in [2.05, 4.69) is 15.3 Å². The minimum atomic E-state index is -0.713. The van der Waals surface area contributed by atoms with Crippen molar-refractivity contribution in [2.75, 3.05) is 0 Å². The highest BCUT2D eigenvalue weighted by Gasteiger charge is 2.34. The molecule has 2 aromatic heterocycles. The number of imidazole rings is 1. The standard InChI is InChI=1S/C16H21N5O/c17-16(6-2-1-3-7-16)15(22)20-11-13-5-4-8-19-14(13)21-10-9-18-12-21/h4-5,8-10,12H,1-3,6-7,11,17H2,(H,20,22). The Morgan fingerprint density at radius 3 is 2.86 bits per heavy atom. The number of hydrogen-bond donors (Lipinski definition) is 2. The van der Waals surface area contributed by atoms with Crippen LogP contribution in [-0.4, -0.2) is 26.0 Å². The summed E-state index contributed by atoms with van der Waals surface area (Å²) in [4.78, 5) is 20.8. The SMILES string of the molecule is NC1(C(=O)NCc2cccnc2-n2ccnc2)CCCCC1. The average molecular weight is 299 g/mol. The van der Waals surface area contributed by atoms with Crippen LogP contribution in [0.2, 0.25) is 0 Å². The first kappa shape index (κ1) is 14.7. The number of nitrogens with zero attached hydrogens (tertiary/aromatic N) is 3. The van der Waals surface area contributed by atoms with Gasteiger partial charge < -0.3 is 11.1 Å². The highest BCUT2D eigenvalue weighted by molar-refractivity contribution is 5.86. The Hall–Kier alpha value is -2.21. The molecule has 22 heavy (non-hydrogen) atoms. The summed E-state index contributed by atoms with van der Waals surface area (Å²) in [6.07, 6.45) is 11.7. The van der Waals surface area contributed by atoms with Crippen LogP contribution < -0.4 is 11.1 Å². The average Bonchev–Trinajstić information content (AvgIpc) is 3.08. The molecule has 0 unspecified atom stereocenters. The number of carbonyl (C=O) groups excluding carboxylic acids is 1. The summed E-state index contributed by atoms with van der Waals surface area (Å²) in [6.45, 7) is 0.416. The molecule has 0 atom stereocenters. The van der Waals surface area contributed by atoms with E-state index in [0.717, 1.165) is 37.1 Å². The van der Waals surface area contributed by atoms with Gasteiger partial charge in [0.15, 0.2) is 0 Å². The normalized spacial score (nSPS) is 17.1. The number of rotatable bonds is 4. The molecule has 3 rings (SSSR count). The highest BCUT2D eigenvalue weighted by Crippen LogP contribution is 2.26. The topological polar surface area (TPSA) is 85.8 Å². The maximum atomic E-state index is 12.4. The lowest BCUT2D eigenvalue weighted by Crippen LogP contribution is -2.54. The monoisotopic (exact) mass is 299 g/mol. The van der Waals surface area contributed by atoms with E-state index in [1.54, 1.807) is 18.7 Å². The number of amides is 1. The molecule has 0 bridgehead atoms. The third-order valence-corrected chi connectivity index (χ3v) is 4.25. The quantitative estimate of drug-likeness (QED) is 0.897. The fourth-order valence-corrected chi connectivity index (χ4v) is 2.95. The molecular formula is C16H21N5O. The van der Waals surface area contributed by atoms with Gasteiger partial charge in [-0.3, -0.25) is 9.36 Å². The van der Waals surface area contributed by atoms with E-state index in [0.29, 0.717) is 6.54 Å². The fourth-order valence-electron chi connectivity index (χ4n) is 2.95. The molecule has 116 valence electrons. The minimum Gasteiger partial charge on any atom is -0.350 e. The minimum absolute atomic E-state index is 0.0624. The molecule has 0 saturated heterocycles. The van der Waals surface area contributed by atoms with Crippen molar-refractivity contribution in [3.05, 3.63) is 42.6 Å². The maximum absolute atomic E-state index is 12.4. The van der Waals surface area contributed by atoms with E-state index >= 15 is 0 Å². The number of aromatic nitrogens is 3. The second-order valence-electron chi connectivity index (χ2n) is 5.86. The molecule has 6 heteroatoms. The van der Waals surface area contributed by atoms with Crippen LogP contribution in [0.5, 0.6) is 0 Å². The summed E-state index contributed by atoms with van der Waals surface area (Å²) in [5.74, 6) is 0.711. The van der Waals surface area contributed by atoms with Crippen molar-refractivity contribution in [3.63, 3.8) is 0 Å². The van der Waals surface area contributed by atoms with Crippen LogP contribution in [0.1, 0.15) is 37.7 Å². The third kappa shape index (κ3) is 3.01. The van der Waals surface area contributed by atoms with E-state index in [4.69, 9.17) is 5.73 Å². The van der Waals surface area contributed by atoms with Crippen molar-refractivity contribution in [1.29, 1.82) is 0 Å².